The van der Waals surface area contributed by atoms with E-state index in [-0.39, 0.29) is 5.82 Å². The fourth-order valence-corrected chi connectivity index (χ4v) is 3.92. The second kappa shape index (κ2) is 10.5. The van der Waals surface area contributed by atoms with Crippen LogP contribution in [0.25, 0.3) is 21.3 Å². The molecule has 0 amide bonds. The largest absolute Gasteiger partial charge is 0.494 e. The molecule has 28 heavy (non-hydrogen) atoms. The van der Waals surface area contributed by atoms with Crippen LogP contribution >= 0.6 is 11.5 Å². The normalized spacial score (nSPS) is 11.4. The van der Waals surface area contributed by atoms with Gasteiger partial charge in [-0.3, -0.25) is 0 Å². The summed E-state index contributed by atoms with van der Waals surface area (Å²) in [5.41, 5.74) is 1.82. The zero-order chi connectivity index (χ0) is 19.8. The summed E-state index contributed by atoms with van der Waals surface area (Å²) in [6.45, 7) is 6.75. The summed E-state index contributed by atoms with van der Waals surface area (Å²) in [5, 5.41) is 1.07. The lowest BCUT2D eigenvalue weighted by Gasteiger charge is -2.19. The summed E-state index contributed by atoms with van der Waals surface area (Å²) >= 11 is 1.44. The predicted molar refractivity (Wildman–Crippen MR) is 114 cm³/mol. The molecular formula is C22H27FN2O2S. The average molecular weight is 403 g/mol. The molecule has 2 aromatic carbocycles. The smallest absolute Gasteiger partial charge is 0.123 e. The van der Waals surface area contributed by atoms with Gasteiger partial charge in [0.15, 0.2) is 0 Å². The Labute approximate surface area is 170 Å². The van der Waals surface area contributed by atoms with Gasteiger partial charge in [0.05, 0.1) is 23.6 Å². The highest BCUT2D eigenvalue weighted by Gasteiger charge is 2.10. The molecule has 4 nitrogen and oxygen atoms in total. The molecule has 150 valence electrons. The standard InChI is InChI=1S/C22H27FN2O2S/c1-3-25(13-15-26-2)12-4-5-14-27-19-10-11-20-21(16-19)28-24-22(20)17-6-8-18(23)9-7-17/h6-11,16H,3-5,12-15H2,1-2H3. The zero-order valence-electron chi connectivity index (χ0n) is 16.5. The Hall–Kier alpha value is -2.02. The van der Waals surface area contributed by atoms with Crippen LogP contribution in [0.3, 0.4) is 0 Å². The van der Waals surface area contributed by atoms with E-state index >= 15 is 0 Å². The van der Waals surface area contributed by atoms with Crippen molar-refractivity contribution in [2.24, 2.45) is 0 Å². The summed E-state index contributed by atoms with van der Waals surface area (Å²) in [6.07, 6.45) is 2.13. The van der Waals surface area contributed by atoms with Gasteiger partial charge in [0.25, 0.3) is 0 Å². The molecule has 0 aliphatic rings. The van der Waals surface area contributed by atoms with Gasteiger partial charge in [-0.25, -0.2) is 4.39 Å². The highest BCUT2D eigenvalue weighted by molar-refractivity contribution is 7.13. The summed E-state index contributed by atoms with van der Waals surface area (Å²) < 4.78 is 29.8. The molecule has 0 fully saturated rings. The molecule has 1 heterocycles. The van der Waals surface area contributed by atoms with Crippen molar-refractivity contribution >= 4 is 21.6 Å². The number of aromatic nitrogens is 1. The predicted octanol–water partition coefficient (Wildman–Crippen LogP) is 5.23. The van der Waals surface area contributed by atoms with Gasteiger partial charge in [-0.1, -0.05) is 6.92 Å². The molecular weight excluding hydrogens is 375 g/mol. The van der Waals surface area contributed by atoms with E-state index in [1.54, 1.807) is 19.2 Å². The van der Waals surface area contributed by atoms with Crippen LogP contribution in [0.15, 0.2) is 42.5 Å². The maximum atomic E-state index is 13.1. The Bertz CT molecular complexity index is 867. The molecule has 0 saturated heterocycles. The van der Waals surface area contributed by atoms with Gasteiger partial charge < -0.3 is 14.4 Å². The van der Waals surface area contributed by atoms with Crippen molar-refractivity contribution in [2.75, 3.05) is 40.0 Å². The number of halogens is 1. The SMILES string of the molecule is CCN(CCCCOc1ccc2c(-c3ccc(F)cc3)nsc2c1)CCOC. The van der Waals surface area contributed by atoms with Gasteiger partial charge in [-0.15, -0.1) is 0 Å². The molecule has 0 aliphatic carbocycles. The van der Waals surface area contributed by atoms with Crippen LogP contribution in [0.2, 0.25) is 0 Å². The minimum absolute atomic E-state index is 0.236. The van der Waals surface area contributed by atoms with Crippen LogP contribution in [0.5, 0.6) is 5.75 Å². The molecule has 0 atom stereocenters. The van der Waals surface area contributed by atoms with Crippen molar-refractivity contribution in [2.45, 2.75) is 19.8 Å². The number of nitrogens with zero attached hydrogens (tertiary/aromatic N) is 2. The Morgan fingerprint density at radius 1 is 1.04 bits per heavy atom. The van der Waals surface area contributed by atoms with Crippen LogP contribution < -0.4 is 4.74 Å². The average Bonchev–Trinajstić information content (AvgIpc) is 3.14. The zero-order valence-corrected chi connectivity index (χ0v) is 17.3. The number of likely N-dealkylation sites (N-methyl/N-ethyl adjacent to an activating group) is 1. The maximum absolute atomic E-state index is 13.1. The van der Waals surface area contributed by atoms with E-state index in [9.17, 15) is 4.39 Å². The third-order valence-corrected chi connectivity index (χ3v) is 5.57. The molecule has 0 spiro atoms. The monoisotopic (exact) mass is 402 g/mol. The number of ether oxygens (including phenoxy) is 2. The minimum atomic E-state index is -0.236. The fourth-order valence-electron chi connectivity index (χ4n) is 3.10. The molecule has 0 bridgehead atoms. The molecule has 0 aliphatic heterocycles. The van der Waals surface area contributed by atoms with E-state index in [4.69, 9.17) is 9.47 Å². The number of fused-ring (bicyclic) bond motifs is 1. The van der Waals surface area contributed by atoms with Gasteiger partial charge in [0, 0.05) is 24.6 Å². The highest BCUT2D eigenvalue weighted by atomic mass is 32.1. The third-order valence-electron chi connectivity index (χ3n) is 4.76. The summed E-state index contributed by atoms with van der Waals surface area (Å²) in [6, 6.07) is 12.5. The van der Waals surface area contributed by atoms with Crippen molar-refractivity contribution in [1.82, 2.24) is 9.27 Å². The van der Waals surface area contributed by atoms with Crippen LogP contribution in [-0.4, -0.2) is 49.2 Å². The Morgan fingerprint density at radius 3 is 2.61 bits per heavy atom. The van der Waals surface area contributed by atoms with Crippen LogP contribution in [-0.2, 0) is 4.74 Å². The molecule has 6 heteroatoms. The maximum Gasteiger partial charge on any atom is 0.123 e. The van der Waals surface area contributed by atoms with Crippen LogP contribution in [0, 0.1) is 5.82 Å². The second-order valence-corrected chi connectivity index (χ2v) is 7.48. The number of rotatable bonds is 11. The number of benzene rings is 2. The van der Waals surface area contributed by atoms with Crippen LogP contribution in [0.4, 0.5) is 4.39 Å². The van der Waals surface area contributed by atoms with Crippen molar-refractivity contribution < 1.29 is 13.9 Å². The topological polar surface area (TPSA) is 34.6 Å². The van der Waals surface area contributed by atoms with Gasteiger partial charge in [0.2, 0.25) is 0 Å². The lowest BCUT2D eigenvalue weighted by Crippen LogP contribution is -2.28. The van der Waals surface area contributed by atoms with Crippen molar-refractivity contribution in [3.05, 3.63) is 48.3 Å². The number of methoxy groups -OCH3 is 1. The van der Waals surface area contributed by atoms with E-state index in [2.05, 4.69) is 16.2 Å². The van der Waals surface area contributed by atoms with Crippen molar-refractivity contribution in [1.29, 1.82) is 0 Å². The lowest BCUT2D eigenvalue weighted by molar-refractivity contribution is 0.148. The minimum Gasteiger partial charge on any atom is -0.494 e. The summed E-state index contributed by atoms with van der Waals surface area (Å²) in [7, 11) is 1.74. The molecule has 0 unspecified atom stereocenters. The van der Waals surface area contributed by atoms with E-state index < -0.39 is 0 Å². The first-order valence-electron chi connectivity index (χ1n) is 9.70. The van der Waals surface area contributed by atoms with E-state index in [1.807, 2.05) is 18.2 Å². The first kappa shape index (κ1) is 20.7. The Morgan fingerprint density at radius 2 is 1.86 bits per heavy atom. The number of unbranched alkanes of at least 4 members (excludes halogenated alkanes) is 1. The van der Waals surface area contributed by atoms with Crippen LogP contribution in [0.1, 0.15) is 19.8 Å². The number of hydrogen-bond donors (Lipinski definition) is 0. The van der Waals surface area contributed by atoms with E-state index in [0.717, 1.165) is 66.2 Å². The van der Waals surface area contributed by atoms with Gasteiger partial charge >= 0.3 is 0 Å². The van der Waals surface area contributed by atoms with Gasteiger partial charge in [-0.2, -0.15) is 4.37 Å². The quantitative estimate of drug-likeness (QED) is 0.411. The first-order valence-corrected chi connectivity index (χ1v) is 10.5. The Balaban J connectivity index is 1.52. The van der Waals surface area contributed by atoms with Gasteiger partial charge in [0.1, 0.15) is 11.6 Å². The van der Waals surface area contributed by atoms with Gasteiger partial charge in [-0.05, 0) is 79.9 Å². The van der Waals surface area contributed by atoms with E-state index in [0.29, 0.717) is 6.61 Å². The molecule has 3 aromatic rings. The molecule has 3 rings (SSSR count). The fraction of sp³-hybridized carbons (Fsp3) is 0.409. The summed E-state index contributed by atoms with van der Waals surface area (Å²) in [5.74, 6) is 0.633. The van der Waals surface area contributed by atoms with E-state index in [1.165, 1.54) is 23.7 Å². The summed E-state index contributed by atoms with van der Waals surface area (Å²) in [4.78, 5) is 2.39. The molecule has 1 aromatic heterocycles. The van der Waals surface area contributed by atoms with Crippen molar-refractivity contribution in [3.63, 3.8) is 0 Å². The first-order chi connectivity index (χ1) is 13.7. The number of hydrogen-bond acceptors (Lipinski definition) is 5. The van der Waals surface area contributed by atoms with Crippen molar-refractivity contribution in [3.8, 4) is 17.0 Å². The molecule has 0 radical (unpaired) electrons. The second-order valence-electron chi connectivity index (χ2n) is 6.68. The Kier molecular flexibility index (Phi) is 7.77. The molecule has 0 N–H and O–H groups in total. The molecule has 0 saturated carbocycles. The third kappa shape index (κ3) is 5.50. The highest BCUT2D eigenvalue weighted by Crippen LogP contribution is 2.33. The lowest BCUT2D eigenvalue weighted by atomic mass is 10.1.